The standard InChI is InChI=1S/C19H31N3O2/c1-15(16-9-6-7-11-20-16)21-13-19(5)10-8-12-22(14-19)17(23)24-18(2,3)4/h6-7,9,11,15,21H,8,10,12-14H2,1-5H3. The highest BCUT2D eigenvalue weighted by Gasteiger charge is 2.35. The van der Waals surface area contributed by atoms with Crippen LogP contribution in [0.4, 0.5) is 4.79 Å². The Morgan fingerprint density at radius 2 is 2.21 bits per heavy atom. The van der Waals surface area contributed by atoms with Gasteiger partial charge >= 0.3 is 6.09 Å². The number of carbonyl (C=O) groups is 1. The molecule has 1 N–H and O–H groups in total. The van der Waals surface area contributed by atoms with E-state index in [0.29, 0.717) is 0 Å². The molecule has 134 valence electrons. The van der Waals surface area contributed by atoms with Gasteiger partial charge in [0.25, 0.3) is 0 Å². The van der Waals surface area contributed by atoms with Crippen molar-refractivity contribution in [2.24, 2.45) is 5.41 Å². The fraction of sp³-hybridized carbons (Fsp3) is 0.684. The van der Waals surface area contributed by atoms with Crippen molar-refractivity contribution in [2.45, 2.75) is 59.1 Å². The number of pyridine rings is 1. The maximum Gasteiger partial charge on any atom is 0.410 e. The van der Waals surface area contributed by atoms with E-state index in [1.54, 1.807) is 0 Å². The van der Waals surface area contributed by atoms with Gasteiger partial charge in [-0.15, -0.1) is 0 Å². The van der Waals surface area contributed by atoms with Gasteiger partial charge in [0.15, 0.2) is 0 Å². The molecule has 0 aromatic carbocycles. The lowest BCUT2D eigenvalue weighted by Crippen LogP contribution is -2.50. The number of carbonyl (C=O) groups excluding carboxylic acids is 1. The summed E-state index contributed by atoms with van der Waals surface area (Å²) in [6.07, 6.45) is 3.73. The van der Waals surface area contributed by atoms with E-state index in [9.17, 15) is 4.79 Å². The molecule has 24 heavy (non-hydrogen) atoms. The second-order valence-electron chi connectivity index (χ2n) is 8.17. The zero-order valence-corrected chi connectivity index (χ0v) is 15.6. The minimum atomic E-state index is -0.448. The van der Waals surface area contributed by atoms with Gasteiger partial charge in [0.2, 0.25) is 0 Å². The zero-order valence-electron chi connectivity index (χ0n) is 15.6. The van der Waals surface area contributed by atoms with Crippen LogP contribution >= 0.6 is 0 Å². The van der Waals surface area contributed by atoms with Gasteiger partial charge in [0.1, 0.15) is 5.60 Å². The SMILES string of the molecule is CC(NCC1(C)CCCN(C(=O)OC(C)(C)C)C1)c1ccccn1. The van der Waals surface area contributed by atoms with E-state index in [4.69, 9.17) is 4.74 Å². The molecular weight excluding hydrogens is 302 g/mol. The summed E-state index contributed by atoms with van der Waals surface area (Å²) in [6.45, 7) is 12.4. The molecule has 0 saturated carbocycles. The largest absolute Gasteiger partial charge is 0.444 e. The van der Waals surface area contributed by atoms with Crippen molar-refractivity contribution in [2.75, 3.05) is 19.6 Å². The molecule has 0 radical (unpaired) electrons. The van der Waals surface area contributed by atoms with E-state index >= 15 is 0 Å². The van der Waals surface area contributed by atoms with E-state index in [1.165, 1.54) is 0 Å². The summed E-state index contributed by atoms with van der Waals surface area (Å²) in [7, 11) is 0. The van der Waals surface area contributed by atoms with E-state index in [2.05, 4.69) is 24.1 Å². The van der Waals surface area contributed by atoms with E-state index in [-0.39, 0.29) is 17.6 Å². The Balaban J connectivity index is 1.91. The van der Waals surface area contributed by atoms with Gasteiger partial charge in [-0.25, -0.2) is 4.79 Å². The van der Waals surface area contributed by atoms with Gasteiger partial charge in [-0.2, -0.15) is 0 Å². The first-order valence-electron chi connectivity index (χ1n) is 8.81. The number of hydrogen-bond acceptors (Lipinski definition) is 4. The molecule has 5 heteroatoms. The number of piperidine rings is 1. The van der Waals surface area contributed by atoms with Crippen molar-refractivity contribution in [1.82, 2.24) is 15.2 Å². The molecule has 1 aliphatic rings. The van der Waals surface area contributed by atoms with E-state index in [0.717, 1.165) is 38.2 Å². The van der Waals surface area contributed by atoms with Crippen LogP contribution in [0.15, 0.2) is 24.4 Å². The van der Waals surface area contributed by atoms with Crippen LogP contribution in [0, 0.1) is 5.41 Å². The van der Waals surface area contributed by atoms with Crippen LogP contribution in [0.2, 0.25) is 0 Å². The summed E-state index contributed by atoms with van der Waals surface area (Å²) in [5, 5.41) is 3.58. The molecule has 1 aromatic rings. The predicted molar refractivity (Wildman–Crippen MR) is 95.8 cm³/mol. The lowest BCUT2D eigenvalue weighted by Gasteiger charge is -2.41. The van der Waals surface area contributed by atoms with Gasteiger partial charge in [0, 0.05) is 31.9 Å². The molecule has 0 bridgehead atoms. The average molecular weight is 333 g/mol. The highest BCUT2D eigenvalue weighted by Crippen LogP contribution is 2.30. The Morgan fingerprint density at radius 1 is 1.46 bits per heavy atom. The Bertz CT molecular complexity index is 541. The van der Waals surface area contributed by atoms with Gasteiger partial charge in [-0.05, 0) is 58.1 Å². The normalized spacial score (nSPS) is 23.0. The molecule has 2 heterocycles. The average Bonchev–Trinajstić information content (AvgIpc) is 2.52. The summed E-state index contributed by atoms with van der Waals surface area (Å²) in [5.74, 6) is 0. The number of nitrogens with zero attached hydrogens (tertiary/aromatic N) is 2. The second-order valence-corrected chi connectivity index (χ2v) is 8.17. The lowest BCUT2D eigenvalue weighted by atomic mass is 9.81. The molecule has 1 amide bonds. The van der Waals surface area contributed by atoms with E-state index < -0.39 is 5.60 Å². The molecule has 5 nitrogen and oxygen atoms in total. The number of likely N-dealkylation sites (tertiary alicyclic amines) is 1. The lowest BCUT2D eigenvalue weighted by molar-refractivity contribution is 0.00651. The quantitative estimate of drug-likeness (QED) is 0.911. The Hall–Kier alpha value is -1.62. The van der Waals surface area contributed by atoms with Crippen LogP contribution in [0.1, 0.15) is 59.2 Å². The first-order valence-corrected chi connectivity index (χ1v) is 8.81. The summed E-state index contributed by atoms with van der Waals surface area (Å²) in [5.41, 5.74) is 0.649. The third-order valence-corrected chi connectivity index (χ3v) is 4.40. The number of nitrogens with one attached hydrogen (secondary N) is 1. The maximum atomic E-state index is 12.3. The predicted octanol–water partition coefficient (Wildman–Crippen LogP) is 3.77. The maximum absolute atomic E-state index is 12.3. The molecule has 0 spiro atoms. The number of amides is 1. The van der Waals surface area contributed by atoms with Crippen molar-refractivity contribution >= 4 is 6.09 Å². The summed E-state index contributed by atoms with van der Waals surface area (Å²) >= 11 is 0. The van der Waals surface area contributed by atoms with Gasteiger partial charge in [-0.1, -0.05) is 13.0 Å². The van der Waals surface area contributed by atoms with Gasteiger partial charge < -0.3 is 15.0 Å². The highest BCUT2D eigenvalue weighted by atomic mass is 16.6. The van der Waals surface area contributed by atoms with Crippen LogP contribution in [0.3, 0.4) is 0 Å². The van der Waals surface area contributed by atoms with Gasteiger partial charge in [-0.3, -0.25) is 4.98 Å². The minimum absolute atomic E-state index is 0.0538. The zero-order chi connectivity index (χ0) is 17.8. The van der Waals surface area contributed by atoms with Crippen molar-refractivity contribution in [3.05, 3.63) is 30.1 Å². The van der Waals surface area contributed by atoms with Crippen molar-refractivity contribution < 1.29 is 9.53 Å². The molecule has 1 aromatic heterocycles. The Kier molecular flexibility index (Phi) is 5.86. The molecule has 2 atom stereocenters. The third-order valence-electron chi connectivity index (χ3n) is 4.40. The third kappa shape index (κ3) is 5.48. The summed E-state index contributed by atoms with van der Waals surface area (Å²) in [4.78, 5) is 18.6. The van der Waals surface area contributed by atoms with E-state index in [1.807, 2.05) is 50.1 Å². The fourth-order valence-corrected chi connectivity index (χ4v) is 3.08. The minimum Gasteiger partial charge on any atom is -0.444 e. The molecule has 2 rings (SSSR count). The van der Waals surface area contributed by atoms with Crippen molar-refractivity contribution in [3.8, 4) is 0 Å². The molecule has 2 unspecified atom stereocenters. The monoisotopic (exact) mass is 333 g/mol. The van der Waals surface area contributed by atoms with Crippen molar-refractivity contribution in [3.63, 3.8) is 0 Å². The topological polar surface area (TPSA) is 54.5 Å². The van der Waals surface area contributed by atoms with Crippen molar-refractivity contribution in [1.29, 1.82) is 0 Å². The number of rotatable bonds is 4. The van der Waals surface area contributed by atoms with Crippen LogP contribution in [-0.2, 0) is 4.74 Å². The molecule has 1 fully saturated rings. The van der Waals surface area contributed by atoms with Crippen LogP contribution in [0.5, 0.6) is 0 Å². The number of aromatic nitrogens is 1. The molecule has 0 aliphatic carbocycles. The van der Waals surface area contributed by atoms with Crippen LogP contribution < -0.4 is 5.32 Å². The number of hydrogen-bond donors (Lipinski definition) is 1. The van der Waals surface area contributed by atoms with Crippen LogP contribution in [0.25, 0.3) is 0 Å². The summed E-state index contributed by atoms with van der Waals surface area (Å²) < 4.78 is 5.52. The molecule has 1 aliphatic heterocycles. The molecular formula is C19H31N3O2. The Labute approximate surface area is 145 Å². The first-order chi connectivity index (χ1) is 11.2. The first kappa shape index (κ1) is 18.7. The fourth-order valence-electron chi connectivity index (χ4n) is 3.08. The number of ether oxygens (including phenoxy) is 1. The second kappa shape index (κ2) is 7.51. The Morgan fingerprint density at radius 3 is 2.83 bits per heavy atom. The highest BCUT2D eigenvalue weighted by molar-refractivity contribution is 5.68. The van der Waals surface area contributed by atoms with Gasteiger partial charge in [0.05, 0.1) is 5.69 Å². The van der Waals surface area contributed by atoms with Crippen LogP contribution in [-0.4, -0.2) is 41.2 Å². The summed E-state index contributed by atoms with van der Waals surface area (Å²) in [6, 6.07) is 6.16. The molecule has 1 saturated heterocycles. The smallest absolute Gasteiger partial charge is 0.410 e.